The zero-order valence-electron chi connectivity index (χ0n) is 73.2. The van der Waals surface area contributed by atoms with Gasteiger partial charge >= 0.3 is 0 Å². The van der Waals surface area contributed by atoms with E-state index in [4.69, 9.17) is 137 Å². The first-order valence-corrected chi connectivity index (χ1v) is 44.7. The summed E-state index contributed by atoms with van der Waals surface area (Å²) < 4.78 is 91.5. The van der Waals surface area contributed by atoms with Crippen molar-refractivity contribution in [3.63, 3.8) is 0 Å². The number of nitrogens with zero attached hydrogens (tertiary/aromatic N) is 18. The number of halogens is 15. The Morgan fingerprint density at radius 3 is 0.800 bits per heavy atom. The molecule has 0 spiro atoms. The zero-order chi connectivity index (χ0) is 98.7. The summed E-state index contributed by atoms with van der Waals surface area (Å²) in [5.41, 5.74) is 17.8. The summed E-state index contributed by atoms with van der Waals surface area (Å²) in [6, 6.07) is 15.8. The average Bonchev–Trinajstić information content (AvgIpc) is 0.728. The second kappa shape index (κ2) is 40.1. The lowest BCUT2D eigenvalue weighted by Crippen LogP contribution is -2.49. The van der Waals surface area contributed by atoms with Crippen LogP contribution in [0, 0.1) is 89.7 Å². The number of anilines is 6. The fraction of sp³-hybridized carbons (Fsp3) is 0.258. The van der Waals surface area contributed by atoms with Crippen LogP contribution in [0.1, 0.15) is 110 Å². The Bertz CT molecular complexity index is 6650. The molecule has 3 aromatic carbocycles. The van der Waals surface area contributed by atoms with Gasteiger partial charge in [0.25, 0.3) is 16.7 Å². The molecule has 696 valence electrons. The molecule has 0 atom stereocenters. The number of amides is 3. The fourth-order valence-electron chi connectivity index (χ4n) is 16.6. The lowest BCUT2D eigenvalue weighted by atomic mass is 10.0. The number of hydrogen-bond acceptors (Lipinski definition) is 21. The summed E-state index contributed by atoms with van der Waals surface area (Å²) in [6.45, 7) is 30.9. The molecule has 15 rings (SSSR count). The van der Waals surface area contributed by atoms with Crippen molar-refractivity contribution in [1.82, 2.24) is 58.3 Å². The van der Waals surface area contributed by atoms with E-state index >= 15 is 0 Å². The smallest absolute Gasteiger partial charge is 0.276 e. The number of aromatic nitrogens is 9. The molecule has 0 aliphatic carbocycles. The Morgan fingerprint density at radius 1 is 0.378 bits per heavy atom. The molecule has 3 saturated heterocycles. The van der Waals surface area contributed by atoms with Gasteiger partial charge in [0, 0.05) is 130 Å². The van der Waals surface area contributed by atoms with Gasteiger partial charge in [0.2, 0.25) is 17.7 Å². The third kappa shape index (κ3) is 17.8. The Morgan fingerprint density at radius 2 is 0.600 bits per heavy atom. The molecule has 12 heterocycles. The Kier molecular flexibility index (Phi) is 29.6. The van der Waals surface area contributed by atoms with E-state index in [1.54, 1.807) is 72.3 Å². The molecule has 0 bridgehead atoms. The highest BCUT2D eigenvalue weighted by atomic mass is 35.5. The van der Waals surface area contributed by atoms with Crippen molar-refractivity contribution in [3.8, 4) is 69.0 Å². The van der Waals surface area contributed by atoms with E-state index < -0.39 is 98.8 Å². The minimum Gasteiger partial charge on any atom is -0.396 e. The van der Waals surface area contributed by atoms with Crippen molar-refractivity contribution < 1.29 is 40.7 Å². The van der Waals surface area contributed by atoms with Gasteiger partial charge in [0.15, 0.2) is 34.9 Å². The van der Waals surface area contributed by atoms with Gasteiger partial charge in [-0.1, -0.05) is 166 Å². The van der Waals surface area contributed by atoms with Crippen molar-refractivity contribution in [2.24, 2.45) is 0 Å². The van der Waals surface area contributed by atoms with Crippen LogP contribution in [0.4, 0.5) is 60.5 Å². The number of fused-ring (bicyclic) bond motifs is 3. The molecule has 3 fully saturated rings. The standard InChI is InChI=1S/3C31H26Cl3F2N7O2/c3*1-5-19(44)41-8-10-42(11-9-41)29-16-12-18(32)27(20-21(33)22(34)23(35)24(36)25(20)38)40-30(16)43(31(45)17(29)13-37)28-15(4)6-7-39-26(28)14(2)3/h3*5-7,12,14H,1,8-11,38H2,2-4H3. The molecule has 0 unspecified atom stereocenters. The first-order valence-electron chi connectivity index (χ1n) is 41.3. The summed E-state index contributed by atoms with van der Waals surface area (Å²) in [5.74, 6) is -9.77. The normalized spacial score (nSPS) is 13.4. The van der Waals surface area contributed by atoms with Crippen LogP contribution in [0.15, 0.2) is 107 Å². The number of carbonyl (C=O) groups excluding carboxylic acids is 3. The van der Waals surface area contributed by atoms with E-state index in [9.17, 15) is 70.9 Å². The molecule has 3 amide bonds. The van der Waals surface area contributed by atoms with E-state index in [2.05, 4.69) is 52.9 Å². The molecule has 9 aromatic heterocycles. The van der Waals surface area contributed by atoms with Gasteiger partial charge in [-0.05, 0) is 110 Å². The second-order valence-electron chi connectivity index (χ2n) is 32.2. The minimum atomic E-state index is -1.44. The van der Waals surface area contributed by atoms with Gasteiger partial charge < -0.3 is 46.6 Å². The van der Waals surface area contributed by atoms with Crippen molar-refractivity contribution in [1.29, 1.82) is 15.8 Å². The molecule has 0 radical (unpaired) electrons. The SMILES string of the molecule is C=CC(=O)N1CCN(c2c(C#N)c(=O)n(-c3c(C)ccnc3C(C)C)c3nc(-c4c(N)c(F)c(F)c(Cl)c4Cl)c(Cl)cc23)CC1.C=CC(=O)N1CCN(c2c(C#N)c(=O)n(-c3c(C)ccnc3C(C)C)c3nc(-c4c(N)c(F)c(F)c(Cl)c4Cl)c(Cl)cc23)CC1.C=CC(=O)N1CCN(c2c(C#N)c(=O)n(-c3c(C)ccnc3C(C)C)c3nc(-c4c(N)c(F)c(F)c(Cl)c4Cl)c(Cl)cc23)CC1. The fourth-order valence-corrected chi connectivity index (χ4v) is 18.7. The maximum absolute atomic E-state index is 14.8. The second-order valence-corrected chi connectivity index (χ2v) is 35.7. The van der Waals surface area contributed by atoms with Crippen LogP contribution in [-0.2, 0) is 14.4 Å². The number of benzene rings is 3. The number of hydrogen-bond donors (Lipinski definition) is 3. The van der Waals surface area contributed by atoms with Crippen molar-refractivity contribution >= 4 is 189 Å². The summed E-state index contributed by atoms with van der Waals surface area (Å²) in [4.78, 5) is 118. The highest BCUT2D eigenvalue weighted by Gasteiger charge is 2.38. The van der Waals surface area contributed by atoms with E-state index in [0.29, 0.717) is 106 Å². The lowest BCUT2D eigenvalue weighted by molar-refractivity contribution is -0.127. The molecular formula is C93H78Cl9F6N21O6. The van der Waals surface area contributed by atoms with Gasteiger partial charge in [0.05, 0.1) is 131 Å². The van der Waals surface area contributed by atoms with Crippen molar-refractivity contribution in [2.45, 2.75) is 80.1 Å². The van der Waals surface area contributed by atoms with Crippen LogP contribution in [0.25, 0.3) is 83.9 Å². The number of piperazine rings is 3. The maximum Gasteiger partial charge on any atom is 0.276 e. The molecule has 12 aromatic rings. The molecule has 27 nitrogen and oxygen atoms in total. The summed E-state index contributed by atoms with van der Waals surface area (Å²) in [6.07, 6.45) is 8.52. The predicted molar refractivity (Wildman–Crippen MR) is 517 cm³/mol. The highest BCUT2D eigenvalue weighted by Crippen LogP contribution is 2.50. The quantitative estimate of drug-likeness (QED) is 0.0282. The molecule has 0 saturated carbocycles. The number of nitrogens with two attached hydrogens (primary N) is 3. The molecule has 42 heteroatoms. The Hall–Kier alpha value is -12.7. The van der Waals surface area contributed by atoms with Gasteiger partial charge in [-0.15, -0.1) is 0 Å². The third-order valence-corrected chi connectivity index (χ3v) is 26.6. The maximum atomic E-state index is 14.8. The topological polar surface area (TPSA) is 363 Å². The average molecular weight is 2020 g/mol. The van der Waals surface area contributed by atoms with Crippen LogP contribution < -0.4 is 48.6 Å². The van der Waals surface area contributed by atoms with Crippen molar-refractivity contribution in [3.05, 3.63) is 255 Å². The van der Waals surface area contributed by atoms with Crippen LogP contribution >= 0.6 is 104 Å². The third-order valence-electron chi connectivity index (χ3n) is 23.2. The summed E-state index contributed by atoms with van der Waals surface area (Å²) in [5, 5.41) is 28.4. The van der Waals surface area contributed by atoms with Crippen LogP contribution in [-0.4, -0.2) is 155 Å². The van der Waals surface area contributed by atoms with Gasteiger partial charge in [-0.25, -0.2) is 41.3 Å². The molecule has 135 heavy (non-hydrogen) atoms. The minimum absolute atomic E-state index is 0.0346. The van der Waals surface area contributed by atoms with E-state index in [1.807, 2.05) is 56.2 Å². The molecule has 6 N–H and O–H groups in total. The van der Waals surface area contributed by atoms with Crippen LogP contribution in [0.3, 0.4) is 0 Å². The first-order chi connectivity index (χ1) is 64.0. The number of nitriles is 3. The largest absolute Gasteiger partial charge is 0.396 e. The monoisotopic (exact) mass is 2010 g/mol. The van der Waals surface area contributed by atoms with E-state index in [-0.39, 0.29) is 174 Å². The zero-order valence-corrected chi connectivity index (χ0v) is 80.0. The molecule has 3 aliphatic heterocycles. The highest BCUT2D eigenvalue weighted by molar-refractivity contribution is 6.47. The van der Waals surface area contributed by atoms with Crippen LogP contribution in [0.5, 0.6) is 0 Å². The first kappa shape index (κ1) is 99.7. The number of rotatable bonds is 15. The number of aryl methyl sites for hydroxylation is 3. The predicted octanol–water partition coefficient (Wildman–Crippen LogP) is 19.2. The number of nitrogen functional groups attached to an aromatic ring is 3. The summed E-state index contributed by atoms with van der Waals surface area (Å²) in [7, 11) is 0. The number of pyridine rings is 9. The van der Waals surface area contributed by atoms with Gasteiger partial charge in [0.1, 0.15) is 51.8 Å². The van der Waals surface area contributed by atoms with Gasteiger partial charge in [-0.3, -0.25) is 57.4 Å². The van der Waals surface area contributed by atoms with Crippen molar-refractivity contribution in [2.75, 3.05) is 110 Å². The Balaban J connectivity index is 0.000000171. The van der Waals surface area contributed by atoms with E-state index in [0.717, 1.165) is 0 Å². The van der Waals surface area contributed by atoms with Crippen LogP contribution in [0.2, 0.25) is 45.2 Å². The molecular weight excluding hydrogens is 1940 g/mol. The lowest BCUT2D eigenvalue weighted by Gasteiger charge is -2.36. The van der Waals surface area contributed by atoms with E-state index in [1.165, 1.54) is 50.1 Å². The molecule has 3 aliphatic rings. The van der Waals surface area contributed by atoms with Gasteiger partial charge in [-0.2, -0.15) is 15.8 Å². The summed E-state index contributed by atoms with van der Waals surface area (Å²) >= 11 is 57.5. The Labute approximate surface area is 812 Å². The number of carbonyl (C=O) groups is 3.